The molecule has 9 rings (SSSR count). The average Bonchev–Trinajstić information content (AvgIpc) is 3.58. The van der Waals surface area contributed by atoms with Crippen LogP contribution in [0, 0.1) is 17.8 Å². The van der Waals surface area contributed by atoms with Crippen LogP contribution in [0.25, 0.3) is 16.8 Å². The summed E-state index contributed by atoms with van der Waals surface area (Å²) >= 11 is 0. The standard InChI is InChI=1S/C56H59BN2O6Si/c1-5-17-38(34-39-27-32-50(60)47-25-16-15-24-46(39)47)26-33-51-52-40(37-64-66(56(2,3)4,44-20-11-7-12-21-44)45-22-13-8-14-23-45)35-48-53(49(52)36-57(63)65-51)55(62)59(54(48)61)43-30-28-42(29-31-43)58-41-18-9-6-10-19-41/h6-16,18-25,27-32,34,48-49,51,53,58,60,63H,5,17,26,33,35-37H2,1-4H3/b38-34+/t48-,49+,51-,53-/m1/s1. The summed E-state index contributed by atoms with van der Waals surface area (Å²) < 4.78 is 14.2. The van der Waals surface area contributed by atoms with Crippen molar-refractivity contribution >= 4 is 71.5 Å². The van der Waals surface area contributed by atoms with Crippen LogP contribution in [0.2, 0.25) is 11.4 Å². The second-order valence-corrected chi connectivity index (χ2v) is 23.4. The Balaban J connectivity index is 1.10. The molecule has 4 atom stereocenters. The largest absolute Gasteiger partial charge is 0.507 e. The number of allylic oxidation sites excluding steroid dienone is 1. The minimum absolute atomic E-state index is 0.208. The molecule has 0 unspecified atom stereocenters. The number of anilines is 3. The number of phenolic OH excluding ortho intramolecular Hbond substituents is 1. The van der Waals surface area contributed by atoms with Crippen molar-refractivity contribution in [3.8, 4) is 5.75 Å². The lowest BCUT2D eigenvalue weighted by Gasteiger charge is -2.46. The highest BCUT2D eigenvalue weighted by Gasteiger charge is 2.58. The number of fused-ring (bicyclic) bond motifs is 4. The summed E-state index contributed by atoms with van der Waals surface area (Å²) in [4.78, 5) is 31.1. The number of carbonyl (C=O) groups excluding carboxylic acids is 2. The molecule has 6 aromatic carbocycles. The Labute approximate surface area is 390 Å². The topological polar surface area (TPSA) is 108 Å². The van der Waals surface area contributed by atoms with Crippen molar-refractivity contribution in [3.63, 3.8) is 0 Å². The number of hydrogen-bond donors (Lipinski definition) is 3. The first kappa shape index (κ1) is 45.1. The number of imide groups is 1. The summed E-state index contributed by atoms with van der Waals surface area (Å²) in [5.41, 5.74) is 6.57. The minimum Gasteiger partial charge on any atom is -0.507 e. The molecule has 1 aliphatic carbocycles. The molecule has 0 spiro atoms. The van der Waals surface area contributed by atoms with E-state index in [0.717, 1.165) is 62.1 Å². The van der Waals surface area contributed by atoms with E-state index in [-0.39, 0.29) is 35.5 Å². The number of carbonyl (C=O) groups is 2. The van der Waals surface area contributed by atoms with E-state index in [0.29, 0.717) is 24.9 Å². The number of benzene rings is 6. The molecule has 2 fully saturated rings. The van der Waals surface area contributed by atoms with Gasteiger partial charge in [0.05, 0.1) is 30.2 Å². The lowest BCUT2D eigenvalue weighted by molar-refractivity contribution is -0.122. The van der Waals surface area contributed by atoms with Gasteiger partial charge in [-0.2, -0.15) is 0 Å². The van der Waals surface area contributed by atoms with Gasteiger partial charge in [0.2, 0.25) is 11.8 Å². The molecule has 0 saturated carbocycles. The van der Waals surface area contributed by atoms with Crippen molar-refractivity contribution < 1.29 is 28.8 Å². The Hall–Kier alpha value is -6.04. The lowest BCUT2D eigenvalue weighted by atomic mass is 9.58. The fourth-order valence-electron chi connectivity index (χ4n) is 11.0. The molecule has 6 aromatic rings. The Kier molecular flexibility index (Phi) is 13.0. The number of nitrogens with one attached hydrogen (secondary N) is 1. The van der Waals surface area contributed by atoms with E-state index >= 15 is 0 Å². The molecule has 3 aliphatic rings. The van der Waals surface area contributed by atoms with Gasteiger partial charge in [0.15, 0.2) is 0 Å². The van der Waals surface area contributed by atoms with Gasteiger partial charge < -0.3 is 24.5 Å². The van der Waals surface area contributed by atoms with E-state index in [9.17, 15) is 19.7 Å². The summed E-state index contributed by atoms with van der Waals surface area (Å²) in [6.45, 7) is 9.21. The molecular weight excluding hydrogens is 836 g/mol. The van der Waals surface area contributed by atoms with E-state index in [2.05, 4.69) is 87.6 Å². The van der Waals surface area contributed by atoms with Crippen molar-refractivity contribution in [1.82, 2.24) is 0 Å². The number of rotatable bonds is 14. The maximum absolute atomic E-state index is 14.9. The Morgan fingerprint density at radius 3 is 2.02 bits per heavy atom. The van der Waals surface area contributed by atoms with Crippen molar-refractivity contribution in [1.29, 1.82) is 0 Å². The normalized spacial score (nSPS) is 20.2. The maximum atomic E-state index is 14.9. The Bertz CT molecular complexity index is 2720. The summed E-state index contributed by atoms with van der Waals surface area (Å²) in [6.07, 6.45) is 5.37. The van der Waals surface area contributed by atoms with Crippen molar-refractivity contribution in [3.05, 3.63) is 174 Å². The second-order valence-electron chi connectivity index (χ2n) is 19.1. The zero-order chi connectivity index (χ0) is 46.0. The van der Waals surface area contributed by atoms with Gasteiger partial charge in [0.1, 0.15) is 5.75 Å². The van der Waals surface area contributed by atoms with Crippen LogP contribution in [0.3, 0.4) is 0 Å². The zero-order valence-corrected chi connectivity index (χ0v) is 39.3. The van der Waals surface area contributed by atoms with Crippen molar-refractivity contribution in [2.24, 2.45) is 17.8 Å². The highest BCUT2D eigenvalue weighted by atomic mass is 28.4. The number of para-hydroxylation sites is 1. The van der Waals surface area contributed by atoms with Gasteiger partial charge in [-0.05, 0) is 118 Å². The molecule has 3 N–H and O–H groups in total. The molecule has 0 radical (unpaired) electrons. The highest BCUT2D eigenvalue weighted by Crippen LogP contribution is 2.52. The molecule has 10 heteroatoms. The monoisotopic (exact) mass is 894 g/mol. The number of nitrogens with zero attached hydrogens (tertiary/aromatic N) is 1. The Morgan fingerprint density at radius 1 is 0.773 bits per heavy atom. The van der Waals surface area contributed by atoms with Crippen LogP contribution in [0.4, 0.5) is 17.1 Å². The predicted molar refractivity (Wildman–Crippen MR) is 270 cm³/mol. The van der Waals surface area contributed by atoms with E-state index in [4.69, 9.17) is 9.08 Å². The van der Waals surface area contributed by atoms with Crippen LogP contribution in [0.1, 0.15) is 65.4 Å². The molecule has 2 amide bonds. The van der Waals surface area contributed by atoms with Crippen LogP contribution < -0.4 is 20.6 Å². The Morgan fingerprint density at radius 2 is 1.38 bits per heavy atom. The first-order chi connectivity index (χ1) is 32.0. The SMILES string of the molecule is CCC/C(=C\c1ccc(O)c2ccccc12)CC[C@H]1OB(O)C[C@H]2C1=C(CO[Si](c1ccccc1)(c1ccccc1)C(C)(C)C)C[C@H]1C(=O)N(c3ccc(Nc4ccccc4)cc3)C(=O)[C@H]12. The van der Waals surface area contributed by atoms with Crippen molar-refractivity contribution in [2.45, 2.75) is 77.3 Å². The van der Waals surface area contributed by atoms with E-state index in [1.807, 2.05) is 97.1 Å². The smallest absolute Gasteiger partial charge is 0.455 e. The van der Waals surface area contributed by atoms with Gasteiger partial charge >= 0.3 is 7.12 Å². The summed E-state index contributed by atoms with van der Waals surface area (Å²) in [6, 6.07) is 50.1. The van der Waals surface area contributed by atoms with Gasteiger partial charge in [-0.15, -0.1) is 0 Å². The van der Waals surface area contributed by atoms with Crippen LogP contribution in [0.5, 0.6) is 5.75 Å². The first-order valence-corrected chi connectivity index (χ1v) is 25.4. The summed E-state index contributed by atoms with van der Waals surface area (Å²) in [5.74, 6) is -1.89. The van der Waals surface area contributed by atoms with E-state index in [1.165, 1.54) is 10.5 Å². The van der Waals surface area contributed by atoms with Crippen LogP contribution >= 0.6 is 0 Å². The van der Waals surface area contributed by atoms with Gasteiger partial charge in [-0.25, -0.2) is 0 Å². The number of hydrogen-bond acceptors (Lipinski definition) is 7. The fourth-order valence-corrected chi connectivity index (χ4v) is 15.6. The summed E-state index contributed by atoms with van der Waals surface area (Å²) in [7, 11) is -4.14. The molecule has 0 aromatic heterocycles. The fraction of sp³-hybridized carbons (Fsp3) is 0.286. The first-order valence-electron chi connectivity index (χ1n) is 23.5. The van der Waals surface area contributed by atoms with Gasteiger partial charge in [-0.3, -0.25) is 14.5 Å². The molecule has 8 nitrogen and oxygen atoms in total. The van der Waals surface area contributed by atoms with Crippen molar-refractivity contribution in [2.75, 3.05) is 16.8 Å². The third-order valence-corrected chi connectivity index (χ3v) is 19.0. The number of phenols is 1. The quantitative estimate of drug-likeness (QED) is 0.0568. The molecule has 0 bridgehead atoms. The number of aromatic hydroxyl groups is 1. The highest BCUT2D eigenvalue weighted by molar-refractivity contribution is 6.99. The molecular formula is C56H59BN2O6Si. The lowest BCUT2D eigenvalue weighted by Crippen LogP contribution is -2.66. The second kappa shape index (κ2) is 19.1. The predicted octanol–water partition coefficient (Wildman–Crippen LogP) is 10.8. The molecule has 66 heavy (non-hydrogen) atoms. The van der Waals surface area contributed by atoms with Gasteiger partial charge in [0.25, 0.3) is 8.32 Å². The number of amides is 2. The molecule has 2 heterocycles. The minimum atomic E-state index is -3.03. The molecule has 2 aliphatic heterocycles. The van der Waals surface area contributed by atoms with Crippen LogP contribution in [0.15, 0.2) is 168 Å². The maximum Gasteiger partial charge on any atom is 0.455 e. The van der Waals surface area contributed by atoms with E-state index in [1.54, 1.807) is 6.07 Å². The summed E-state index contributed by atoms with van der Waals surface area (Å²) in [5, 5.41) is 29.5. The van der Waals surface area contributed by atoms with E-state index < -0.39 is 39.3 Å². The molecule has 336 valence electrons. The third kappa shape index (κ3) is 8.71. The zero-order valence-electron chi connectivity index (χ0n) is 38.3. The third-order valence-electron chi connectivity index (χ3n) is 14.0. The van der Waals surface area contributed by atoms with Gasteiger partial charge in [-0.1, -0.05) is 155 Å². The average molecular weight is 895 g/mol. The van der Waals surface area contributed by atoms with Crippen LogP contribution in [-0.2, 0) is 18.7 Å². The molecule has 2 saturated heterocycles. The van der Waals surface area contributed by atoms with Gasteiger partial charge in [0, 0.05) is 16.8 Å². The van der Waals surface area contributed by atoms with Crippen LogP contribution in [-0.4, -0.2) is 50.1 Å².